The molecule has 3 saturated heterocycles. The average molecular weight is 805 g/mol. The lowest BCUT2D eigenvalue weighted by Crippen LogP contribution is -2.52. The summed E-state index contributed by atoms with van der Waals surface area (Å²) in [5.74, 6) is 0.812. The van der Waals surface area contributed by atoms with E-state index in [9.17, 15) is 19.2 Å². The van der Waals surface area contributed by atoms with Gasteiger partial charge in [-0.05, 0) is 108 Å². The van der Waals surface area contributed by atoms with Gasteiger partial charge in [0.2, 0.25) is 11.8 Å². The predicted octanol–water partition coefficient (Wildman–Crippen LogP) is 5.51. The molecule has 3 amide bonds. The Morgan fingerprint density at radius 2 is 1.56 bits per heavy atom. The molecule has 6 aliphatic rings. The van der Waals surface area contributed by atoms with E-state index in [0.29, 0.717) is 29.8 Å². The molecule has 4 fully saturated rings. The van der Waals surface area contributed by atoms with Crippen LogP contribution in [0.2, 0.25) is 0 Å². The van der Waals surface area contributed by atoms with Gasteiger partial charge in [-0.1, -0.05) is 31.4 Å². The summed E-state index contributed by atoms with van der Waals surface area (Å²) in [4.78, 5) is 64.8. The Labute approximate surface area is 328 Å². The summed E-state index contributed by atoms with van der Waals surface area (Å²) in [7, 11) is 0. The number of imide groups is 1. The number of carbonyl (C=O) groups excluding carboxylic acids is 3. The van der Waals surface area contributed by atoms with Crippen LogP contribution < -0.4 is 20.7 Å². The second kappa shape index (κ2) is 13.6. The van der Waals surface area contributed by atoms with Gasteiger partial charge in [0.15, 0.2) is 0 Å². The minimum Gasteiger partial charge on any atom is -0.371 e. The molecule has 1 atom stereocenters. The van der Waals surface area contributed by atoms with Crippen molar-refractivity contribution in [3.05, 3.63) is 91.9 Å². The lowest BCUT2D eigenvalue weighted by Gasteiger charge is -2.40. The molecule has 5 aliphatic heterocycles. The third-order valence-corrected chi connectivity index (χ3v) is 14.1. The minimum atomic E-state index is -0.592. The molecule has 3 aromatic carbocycles. The van der Waals surface area contributed by atoms with Crippen molar-refractivity contribution in [1.82, 2.24) is 24.7 Å². The first-order valence-electron chi connectivity index (χ1n) is 20.1. The van der Waals surface area contributed by atoms with Gasteiger partial charge in [0.25, 0.3) is 11.5 Å². The average Bonchev–Trinajstić information content (AvgIpc) is 3.66. The van der Waals surface area contributed by atoms with Crippen LogP contribution in [0.4, 0.5) is 11.4 Å². The van der Waals surface area contributed by atoms with Crippen molar-refractivity contribution < 1.29 is 14.4 Å². The van der Waals surface area contributed by atoms with Crippen LogP contribution in [-0.4, -0.2) is 88.9 Å². The van der Waals surface area contributed by atoms with Crippen molar-refractivity contribution in [1.29, 1.82) is 0 Å². The molecule has 1 aliphatic carbocycles. The van der Waals surface area contributed by atoms with E-state index >= 15 is 0 Å². The highest BCUT2D eigenvalue weighted by atomic mass is 79.9. The van der Waals surface area contributed by atoms with Gasteiger partial charge >= 0.3 is 0 Å². The summed E-state index contributed by atoms with van der Waals surface area (Å²) < 4.78 is 3.10. The normalized spacial score (nSPS) is 22.7. The number of piperidine rings is 2. The van der Waals surface area contributed by atoms with Crippen LogP contribution in [0.1, 0.15) is 85.1 Å². The molecule has 1 unspecified atom stereocenters. The number of anilines is 2. The highest BCUT2D eigenvalue weighted by Gasteiger charge is 2.47. The molecule has 284 valence electrons. The Kier molecular flexibility index (Phi) is 8.62. The van der Waals surface area contributed by atoms with Gasteiger partial charge in [-0.2, -0.15) is 4.98 Å². The molecule has 55 heavy (non-hydrogen) atoms. The van der Waals surface area contributed by atoms with E-state index in [1.54, 1.807) is 4.90 Å². The number of aromatic nitrogens is 2. The lowest BCUT2D eigenvalue weighted by molar-refractivity contribution is -0.136. The summed E-state index contributed by atoms with van der Waals surface area (Å²) in [5.41, 5.74) is 7.10. The summed E-state index contributed by atoms with van der Waals surface area (Å²) in [6.45, 7) is 7.45. The Balaban J connectivity index is 0.784. The summed E-state index contributed by atoms with van der Waals surface area (Å²) in [6.07, 6.45) is 8.55. The predicted molar refractivity (Wildman–Crippen MR) is 215 cm³/mol. The molecule has 12 heteroatoms. The first kappa shape index (κ1) is 34.9. The van der Waals surface area contributed by atoms with Crippen LogP contribution in [0, 0.1) is 5.92 Å². The van der Waals surface area contributed by atoms with Gasteiger partial charge in [0.05, 0.1) is 22.0 Å². The van der Waals surface area contributed by atoms with Crippen LogP contribution in [0.25, 0.3) is 16.6 Å². The summed E-state index contributed by atoms with van der Waals surface area (Å²) in [5, 5.41) is 3.04. The van der Waals surface area contributed by atoms with Crippen LogP contribution in [0.5, 0.6) is 0 Å². The highest BCUT2D eigenvalue weighted by Crippen LogP contribution is 2.52. The van der Waals surface area contributed by atoms with Crippen molar-refractivity contribution in [2.75, 3.05) is 55.6 Å². The van der Waals surface area contributed by atoms with Gasteiger partial charge in [-0.3, -0.25) is 34.0 Å². The number of amides is 3. The van der Waals surface area contributed by atoms with Crippen LogP contribution in [0.15, 0.2) is 63.9 Å². The standard InChI is InChI=1S/C43H46BrN7O4/c44-33-5-4-6-34-38(33)40(54)46-42-43(15-2-1-3-16-43)32-10-8-30(24-36(32)51(34)42)48-17-13-27(14-18-48)25-47-19-21-49(22-20-47)29-7-9-31-28(23-29)26-50(41(31)55)35-11-12-37(52)45-39(35)53/h4-10,23-24,27,35H,1-3,11-22,25-26H2,(H,45,52,53). The summed E-state index contributed by atoms with van der Waals surface area (Å²) in [6, 6.07) is 18.5. The molecule has 1 N–H and O–H groups in total. The monoisotopic (exact) mass is 803 g/mol. The van der Waals surface area contributed by atoms with Crippen molar-refractivity contribution >= 4 is 55.9 Å². The van der Waals surface area contributed by atoms with Gasteiger partial charge in [0.1, 0.15) is 11.9 Å². The Bertz CT molecular complexity index is 2300. The van der Waals surface area contributed by atoms with E-state index in [2.05, 4.69) is 70.8 Å². The number of nitrogens with zero attached hydrogens (tertiary/aromatic N) is 6. The second-order valence-corrected chi connectivity index (χ2v) is 17.4. The number of halogens is 1. The maximum Gasteiger partial charge on any atom is 0.281 e. The topological polar surface area (TPSA) is 111 Å². The quantitative estimate of drug-likeness (QED) is 0.263. The Morgan fingerprint density at radius 1 is 0.818 bits per heavy atom. The minimum absolute atomic E-state index is 0.126. The smallest absolute Gasteiger partial charge is 0.281 e. The van der Waals surface area contributed by atoms with Crippen molar-refractivity contribution in [2.45, 2.75) is 75.8 Å². The molecule has 10 rings (SSSR count). The SMILES string of the molecule is O=C1CCC(N2Cc3cc(N4CCN(CC5CCN(c6ccc7c(c6)-n6c(nc(=O)c8c(Br)cccc86)C76CCCCC6)CC5)CC4)ccc3C2=O)C(=O)N1. The maximum absolute atomic E-state index is 13.4. The third kappa shape index (κ3) is 5.81. The number of nitrogens with one attached hydrogen (secondary N) is 1. The maximum atomic E-state index is 13.4. The molecule has 4 aromatic rings. The number of hydrogen-bond acceptors (Lipinski definition) is 8. The van der Waals surface area contributed by atoms with E-state index in [1.165, 1.54) is 23.4 Å². The van der Waals surface area contributed by atoms with Gasteiger partial charge < -0.3 is 14.7 Å². The molecular weight excluding hydrogens is 758 g/mol. The molecule has 0 bridgehead atoms. The third-order valence-electron chi connectivity index (χ3n) is 13.5. The lowest BCUT2D eigenvalue weighted by atomic mass is 9.70. The van der Waals surface area contributed by atoms with Gasteiger partial charge in [0, 0.05) is 80.2 Å². The molecule has 1 aromatic heterocycles. The first-order chi connectivity index (χ1) is 26.8. The number of piperazine rings is 1. The number of hydrogen-bond donors (Lipinski definition) is 1. The van der Waals surface area contributed by atoms with E-state index in [1.807, 2.05) is 24.3 Å². The van der Waals surface area contributed by atoms with Crippen molar-refractivity contribution in [3.8, 4) is 5.69 Å². The van der Waals surface area contributed by atoms with E-state index in [-0.39, 0.29) is 35.1 Å². The fourth-order valence-electron chi connectivity index (χ4n) is 10.6. The number of fused-ring (bicyclic) bond motifs is 8. The fourth-order valence-corrected chi connectivity index (χ4v) is 11.1. The molecule has 0 radical (unpaired) electrons. The summed E-state index contributed by atoms with van der Waals surface area (Å²) >= 11 is 3.65. The zero-order valence-electron chi connectivity index (χ0n) is 31.1. The van der Waals surface area contributed by atoms with E-state index in [4.69, 9.17) is 4.98 Å². The van der Waals surface area contributed by atoms with Crippen LogP contribution in [-0.2, 0) is 21.5 Å². The molecular formula is C43H46BrN7O4. The number of rotatable bonds is 5. The molecule has 1 spiro atoms. The van der Waals surface area contributed by atoms with E-state index < -0.39 is 6.04 Å². The second-order valence-electron chi connectivity index (χ2n) is 16.5. The molecule has 1 saturated carbocycles. The van der Waals surface area contributed by atoms with Crippen molar-refractivity contribution in [3.63, 3.8) is 0 Å². The largest absolute Gasteiger partial charge is 0.371 e. The van der Waals surface area contributed by atoms with Gasteiger partial charge in [-0.15, -0.1) is 0 Å². The van der Waals surface area contributed by atoms with Crippen LogP contribution >= 0.6 is 15.9 Å². The van der Waals surface area contributed by atoms with Gasteiger partial charge in [-0.25, -0.2) is 0 Å². The fraction of sp³-hybridized carbons (Fsp3) is 0.465. The number of benzene rings is 3. The van der Waals surface area contributed by atoms with Crippen molar-refractivity contribution in [2.24, 2.45) is 5.92 Å². The molecule has 6 heterocycles. The highest BCUT2D eigenvalue weighted by molar-refractivity contribution is 9.10. The van der Waals surface area contributed by atoms with Crippen LogP contribution in [0.3, 0.4) is 0 Å². The zero-order valence-corrected chi connectivity index (χ0v) is 32.7. The van der Waals surface area contributed by atoms with E-state index in [0.717, 1.165) is 111 Å². The zero-order chi connectivity index (χ0) is 37.4. The first-order valence-corrected chi connectivity index (χ1v) is 20.9. The Morgan fingerprint density at radius 3 is 2.35 bits per heavy atom. The molecule has 11 nitrogen and oxygen atoms in total. The number of carbonyl (C=O) groups is 3. The Hall–Kier alpha value is -4.55.